The van der Waals surface area contributed by atoms with Crippen molar-refractivity contribution in [1.29, 1.82) is 0 Å². The molecule has 34 heavy (non-hydrogen) atoms. The molecule has 1 saturated heterocycles. The Hall–Kier alpha value is -3.78. The predicted octanol–water partition coefficient (Wildman–Crippen LogP) is 0.159. The average Bonchev–Trinajstić information content (AvgIpc) is 2.76. The average molecular weight is 485 g/mol. The predicted molar refractivity (Wildman–Crippen MR) is 107 cm³/mol. The lowest BCUT2D eigenvalue weighted by Gasteiger charge is -2.42. The van der Waals surface area contributed by atoms with E-state index >= 15 is 0 Å². The Labute approximate surface area is 192 Å². The minimum Gasteiger partial charge on any atom is -0.467 e. The summed E-state index contributed by atoms with van der Waals surface area (Å²) in [5, 5.41) is 20.8. The van der Waals surface area contributed by atoms with Crippen molar-refractivity contribution in [2.24, 2.45) is 0 Å². The third-order valence-electron chi connectivity index (χ3n) is 4.48. The highest BCUT2D eigenvalue weighted by Crippen LogP contribution is 2.35. The number of aliphatic hydroxyl groups is 1. The first-order chi connectivity index (χ1) is 16.0. The van der Waals surface area contributed by atoms with Gasteiger partial charge in [-0.1, -0.05) is 6.07 Å². The Balaban J connectivity index is 2.58. The van der Waals surface area contributed by atoms with Crippen LogP contribution >= 0.6 is 0 Å². The van der Waals surface area contributed by atoms with Crippen LogP contribution in [0.3, 0.4) is 0 Å². The Bertz CT molecular complexity index is 962. The lowest BCUT2D eigenvalue weighted by molar-refractivity contribution is -0.387. The van der Waals surface area contributed by atoms with Gasteiger partial charge in [-0.2, -0.15) is 0 Å². The summed E-state index contributed by atoms with van der Waals surface area (Å²) in [6.07, 6.45) is -8.30. The number of methoxy groups -OCH3 is 1. The Morgan fingerprint density at radius 3 is 2.06 bits per heavy atom. The van der Waals surface area contributed by atoms with Crippen LogP contribution in [0.15, 0.2) is 18.2 Å². The maximum atomic E-state index is 12.4. The zero-order valence-corrected chi connectivity index (χ0v) is 18.6. The van der Waals surface area contributed by atoms with E-state index in [9.17, 15) is 34.4 Å². The maximum absolute atomic E-state index is 12.4. The second-order valence-corrected chi connectivity index (χ2v) is 7.01. The second kappa shape index (κ2) is 11.4. The summed E-state index contributed by atoms with van der Waals surface area (Å²) in [6, 6.07) is 3.53. The van der Waals surface area contributed by atoms with Crippen LogP contribution in [0, 0.1) is 10.1 Å². The highest BCUT2D eigenvalue weighted by molar-refractivity contribution is 5.77. The lowest BCUT2D eigenvalue weighted by Crippen LogP contribution is -2.64. The normalized spacial score (nSPS) is 23.9. The SMILES string of the molecule is COC(=O)C1O[C@@H](Oc2ccc(CO)cc2[N+](=O)[O-])C(OC(C)=O)[C@@H](OC(C)=O)[C@H]1OC(C)=O. The number of benzene rings is 1. The quantitative estimate of drug-likeness (QED) is 0.227. The number of carbonyl (C=O) groups excluding carboxylic acids is 4. The van der Waals surface area contributed by atoms with Gasteiger partial charge in [0.15, 0.2) is 24.1 Å². The van der Waals surface area contributed by atoms with Gasteiger partial charge in [-0.15, -0.1) is 0 Å². The zero-order chi connectivity index (χ0) is 25.6. The van der Waals surface area contributed by atoms with Crippen molar-refractivity contribution >= 4 is 29.6 Å². The van der Waals surface area contributed by atoms with E-state index in [0.29, 0.717) is 0 Å². The van der Waals surface area contributed by atoms with E-state index in [1.54, 1.807) is 0 Å². The smallest absolute Gasteiger partial charge is 0.339 e. The fourth-order valence-electron chi connectivity index (χ4n) is 3.20. The third-order valence-corrected chi connectivity index (χ3v) is 4.48. The van der Waals surface area contributed by atoms with Crippen molar-refractivity contribution in [3.63, 3.8) is 0 Å². The minimum absolute atomic E-state index is 0.209. The Morgan fingerprint density at radius 1 is 1.00 bits per heavy atom. The lowest BCUT2D eigenvalue weighted by atomic mass is 9.97. The summed E-state index contributed by atoms with van der Waals surface area (Å²) < 4.78 is 31.3. The molecule has 0 saturated carbocycles. The van der Waals surface area contributed by atoms with Crippen molar-refractivity contribution in [3.8, 4) is 5.75 Å². The molecule has 0 bridgehead atoms. The molecule has 186 valence electrons. The summed E-state index contributed by atoms with van der Waals surface area (Å²) in [6.45, 7) is 2.58. The highest BCUT2D eigenvalue weighted by Gasteiger charge is 2.56. The van der Waals surface area contributed by atoms with Gasteiger partial charge < -0.3 is 33.5 Å². The number of hydrogen-bond donors (Lipinski definition) is 1. The molecule has 1 aromatic carbocycles. The summed E-state index contributed by atoms with van der Waals surface area (Å²) in [5.41, 5.74) is -0.363. The fourth-order valence-corrected chi connectivity index (χ4v) is 3.20. The van der Waals surface area contributed by atoms with Gasteiger partial charge in [0.2, 0.25) is 12.4 Å². The molecule has 5 atom stereocenters. The fraction of sp³-hybridized carbons (Fsp3) is 0.500. The molecule has 14 heteroatoms. The molecule has 2 unspecified atom stereocenters. The van der Waals surface area contributed by atoms with Crippen molar-refractivity contribution in [2.45, 2.75) is 58.1 Å². The summed E-state index contributed by atoms with van der Waals surface area (Å²) in [5.74, 6) is -4.08. The van der Waals surface area contributed by atoms with E-state index in [1.807, 2.05) is 0 Å². The monoisotopic (exact) mass is 485 g/mol. The first-order valence-corrected chi connectivity index (χ1v) is 9.78. The summed E-state index contributed by atoms with van der Waals surface area (Å²) in [4.78, 5) is 58.4. The highest BCUT2D eigenvalue weighted by atomic mass is 16.7. The van der Waals surface area contributed by atoms with Crippen molar-refractivity contribution in [2.75, 3.05) is 7.11 Å². The molecular weight excluding hydrogens is 462 g/mol. The number of aliphatic hydroxyl groups excluding tert-OH is 1. The molecule has 1 fully saturated rings. The number of esters is 4. The summed E-state index contributed by atoms with van der Waals surface area (Å²) in [7, 11) is 1.02. The van der Waals surface area contributed by atoms with Gasteiger partial charge in [-0.25, -0.2) is 4.79 Å². The second-order valence-electron chi connectivity index (χ2n) is 7.01. The molecule has 1 N–H and O–H groups in total. The van der Waals surface area contributed by atoms with Crippen molar-refractivity contribution in [1.82, 2.24) is 0 Å². The first-order valence-electron chi connectivity index (χ1n) is 9.78. The molecule has 1 heterocycles. The van der Waals surface area contributed by atoms with Crippen LogP contribution in [0.4, 0.5) is 5.69 Å². The molecule has 0 radical (unpaired) electrons. The van der Waals surface area contributed by atoms with Gasteiger partial charge in [0.25, 0.3) is 0 Å². The van der Waals surface area contributed by atoms with E-state index in [-0.39, 0.29) is 11.3 Å². The number of carbonyl (C=O) groups is 4. The molecule has 14 nitrogen and oxygen atoms in total. The van der Waals surface area contributed by atoms with Gasteiger partial charge in [0.1, 0.15) is 0 Å². The zero-order valence-electron chi connectivity index (χ0n) is 18.6. The van der Waals surface area contributed by atoms with Crippen LogP contribution in [0.1, 0.15) is 26.3 Å². The Morgan fingerprint density at radius 2 is 1.56 bits per heavy atom. The largest absolute Gasteiger partial charge is 0.467 e. The van der Waals surface area contributed by atoms with Crippen LogP contribution in [-0.4, -0.2) is 71.7 Å². The Kier molecular flexibility index (Phi) is 8.86. The topological polar surface area (TPSA) is 187 Å². The van der Waals surface area contributed by atoms with Gasteiger partial charge in [0.05, 0.1) is 18.6 Å². The molecule has 1 aliphatic rings. The number of ether oxygens (including phenoxy) is 6. The van der Waals surface area contributed by atoms with Crippen LogP contribution in [0.25, 0.3) is 0 Å². The van der Waals surface area contributed by atoms with Crippen LogP contribution < -0.4 is 4.74 Å². The number of rotatable bonds is 8. The van der Waals surface area contributed by atoms with E-state index in [2.05, 4.69) is 4.74 Å². The molecular formula is C20H23NO13. The van der Waals surface area contributed by atoms with Gasteiger partial charge >= 0.3 is 29.6 Å². The number of nitro benzene ring substituents is 1. The molecule has 2 rings (SSSR count). The van der Waals surface area contributed by atoms with Gasteiger partial charge in [-0.3, -0.25) is 24.5 Å². The van der Waals surface area contributed by atoms with Crippen molar-refractivity contribution in [3.05, 3.63) is 33.9 Å². The molecule has 0 spiro atoms. The number of nitro groups is 1. The van der Waals surface area contributed by atoms with Gasteiger partial charge in [-0.05, 0) is 11.6 Å². The van der Waals surface area contributed by atoms with Crippen molar-refractivity contribution < 1.29 is 57.6 Å². The van der Waals surface area contributed by atoms with Crippen LogP contribution in [-0.2, 0) is 49.5 Å². The van der Waals surface area contributed by atoms with E-state index in [1.165, 1.54) is 6.07 Å². The van der Waals surface area contributed by atoms with E-state index < -0.39 is 71.8 Å². The van der Waals surface area contributed by atoms with E-state index in [0.717, 1.165) is 40.0 Å². The van der Waals surface area contributed by atoms with Crippen LogP contribution in [0.2, 0.25) is 0 Å². The first kappa shape index (κ1) is 26.5. The molecule has 0 amide bonds. The standard InChI is InChI=1S/C20H23NO13/c1-9(23)30-15-16(31-10(2)24)18(32-11(3)25)20(34-17(15)19(26)29-4)33-14-6-5-12(8-22)7-13(14)21(27)28/h5-7,15-18,20,22H,8H2,1-4H3/t15-,16+,17?,18?,20-/m1/s1. The number of nitrogens with zero attached hydrogens (tertiary/aromatic N) is 1. The third kappa shape index (κ3) is 6.39. The van der Waals surface area contributed by atoms with Crippen LogP contribution in [0.5, 0.6) is 5.75 Å². The maximum Gasteiger partial charge on any atom is 0.339 e. The summed E-state index contributed by atoms with van der Waals surface area (Å²) >= 11 is 0. The molecule has 0 aromatic heterocycles. The molecule has 0 aliphatic carbocycles. The molecule has 1 aliphatic heterocycles. The molecule has 1 aromatic rings. The number of hydrogen-bond acceptors (Lipinski definition) is 13. The van der Waals surface area contributed by atoms with Gasteiger partial charge in [0, 0.05) is 26.8 Å². The minimum atomic E-state index is -1.75. The van der Waals surface area contributed by atoms with E-state index in [4.69, 9.17) is 23.7 Å².